The molecule has 0 saturated carbocycles. The lowest BCUT2D eigenvalue weighted by molar-refractivity contribution is 0.0280. The summed E-state index contributed by atoms with van der Waals surface area (Å²) >= 11 is 0. The van der Waals surface area contributed by atoms with Crippen molar-refractivity contribution in [3.8, 4) is 5.75 Å². The van der Waals surface area contributed by atoms with Crippen LogP contribution in [0.5, 0.6) is 5.75 Å². The van der Waals surface area contributed by atoms with E-state index >= 15 is 0 Å². The minimum absolute atomic E-state index is 0. The highest BCUT2D eigenvalue weighted by atomic mass is 35.5. The number of nitrogens with one attached hydrogen (secondary N) is 1. The molecule has 0 aromatic heterocycles. The van der Waals surface area contributed by atoms with Crippen LogP contribution in [0.4, 0.5) is 0 Å². The van der Waals surface area contributed by atoms with Crippen molar-refractivity contribution in [2.24, 2.45) is 0 Å². The molecule has 5 heteroatoms. The largest absolute Gasteiger partial charge is 0.497 e. The minimum atomic E-state index is -0.467. The molecule has 1 aromatic rings. The van der Waals surface area contributed by atoms with Crippen LogP contribution in [-0.4, -0.2) is 37.5 Å². The maximum Gasteiger partial charge on any atom is 0.118 e. The van der Waals surface area contributed by atoms with Crippen LogP contribution in [0.15, 0.2) is 24.3 Å². The molecular weight excluding hydrogens is 266 g/mol. The van der Waals surface area contributed by atoms with E-state index in [1.54, 1.807) is 7.11 Å². The molecule has 1 unspecified atom stereocenters. The van der Waals surface area contributed by atoms with Crippen LogP contribution in [-0.2, 0) is 11.3 Å². The second-order valence-corrected chi connectivity index (χ2v) is 4.58. The number of benzene rings is 1. The Labute approximate surface area is 121 Å². The van der Waals surface area contributed by atoms with Gasteiger partial charge in [-0.25, -0.2) is 0 Å². The second-order valence-electron chi connectivity index (χ2n) is 4.58. The van der Waals surface area contributed by atoms with Crippen LogP contribution >= 0.6 is 12.4 Å². The number of rotatable bonds is 8. The van der Waals surface area contributed by atoms with Gasteiger partial charge in [-0.05, 0) is 17.7 Å². The molecule has 0 spiro atoms. The second kappa shape index (κ2) is 10.0. The van der Waals surface area contributed by atoms with Gasteiger partial charge >= 0.3 is 0 Å². The zero-order valence-electron chi connectivity index (χ0n) is 11.8. The first-order valence-electron chi connectivity index (χ1n) is 6.24. The molecule has 1 rings (SSSR count). The SMILES string of the molecule is COc1ccc(COCC(O)CNC(C)C)cc1.Cl. The van der Waals surface area contributed by atoms with E-state index in [0.717, 1.165) is 11.3 Å². The van der Waals surface area contributed by atoms with E-state index < -0.39 is 6.10 Å². The van der Waals surface area contributed by atoms with Crippen LogP contribution < -0.4 is 10.1 Å². The summed E-state index contributed by atoms with van der Waals surface area (Å²) in [6, 6.07) is 8.08. The van der Waals surface area contributed by atoms with E-state index in [-0.39, 0.29) is 12.4 Å². The van der Waals surface area contributed by atoms with Gasteiger partial charge in [0.25, 0.3) is 0 Å². The Kier molecular flexibility index (Phi) is 9.61. The molecule has 4 nitrogen and oxygen atoms in total. The first kappa shape index (κ1) is 18.2. The number of ether oxygens (including phenoxy) is 2. The third kappa shape index (κ3) is 8.06. The minimum Gasteiger partial charge on any atom is -0.497 e. The van der Waals surface area contributed by atoms with Crippen molar-refractivity contribution in [2.75, 3.05) is 20.3 Å². The van der Waals surface area contributed by atoms with Gasteiger partial charge in [0, 0.05) is 12.6 Å². The van der Waals surface area contributed by atoms with E-state index in [9.17, 15) is 5.11 Å². The summed E-state index contributed by atoms with van der Waals surface area (Å²) in [6.07, 6.45) is -0.467. The molecule has 2 N–H and O–H groups in total. The Morgan fingerprint density at radius 2 is 1.84 bits per heavy atom. The number of aliphatic hydroxyl groups is 1. The van der Waals surface area contributed by atoms with E-state index in [1.807, 2.05) is 38.1 Å². The van der Waals surface area contributed by atoms with Gasteiger partial charge in [0.2, 0.25) is 0 Å². The number of methoxy groups -OCH3 is 1. The van der Waals surface area contributed by atoms with Crippen LogP contribution in [0.1, 0.15) is 19.4 Å². The Balaban J connectivity index is 0.00000324. The summed E-state index contributed by atoms with van der Waals surface area (Å²) in [4.78, 5) is 0. The fraction of sp³-hybridized carbons (Fsp3) is 0.571. The Morgan fingerprint density at radius 3 is 2.37 bits per heavy atom. The first-order chi connectivity index (χ1) is 8.61. The Hall–Kier alpha value is -0.810. The molecular formula is C14H24ClNO3. The first-order valence-corrected chi connectivity index (χ1v) is 6.24. The smallest absolute Gasteiger partial charge is 0.118 e. The third-order valence-corrected chi connectivity index (χ3v) is 2.50. The highest BCUT2D eigenvalue weighted by Gasteiger charge is 2.05. The number of halogens is 1. The quantitative estimate of drug-likeness (QED) is 0.768. The summed E-state index contributed by atoms with van der Waals surface area (Å²) in [5.74, 6) is 0.833. The molecule has 19 heavy (non-hydrogen) atoms. The van der Waals surface area contributed by atoms with Gasteiger partial charge in [-0.1, -0.05) is 26.0 Å². The molecule has 1 atom stereocenters. The van der Waals surface area contributed by atoms with Crippen LogP contribution in [0.3, 0.4) is 0 Å². The Bertz CT molecular complexity index is 330. The maximum atomic E-state index is 9.65. The van der Waals surface area contributed by atoms with Crippen molar-refractivity contribution in [1.29, 1.82) is 0 Å². The van der Waals surface area contributed by atoms with Gasteiger partial charge < -0.3 is 19.9 Å². The zero-order chi connectivity index (χ0) is 13.4. The molecule has 1 aromatic carbocycles. The van der Waals surface area contributed by atoms with Gasteiger partial charge in [0.15, 0.2) is 0 Å². The molecule has 0 heterocycles. The summed E-state index contributed by atoms with van der Waals surface area (Å²) < 4.78 is 10.5. The van der Waals surface area contributed by atoms with Crippen molar-refractivity contribution < 1.29 is 14.6 Å². The predicted molar refractivity (Wildman–Crippen MR) is 79.0 cm³/mol. The lowest BCUT2D eigenvalue weighted by Gasteiger charge is -2.14. The predicted octanol–water partition coefficient (Wildman–Crippen LogP) is 1.99. The number of hydrogen-bond donors (Lipinski definition) is 2. The van der Waals surface area contributed by atoms with Gasteiger partial charge in [-0.2, -0.15) is 0 Å². The van der Waals surface area contributed by atoms with Crippen LogP contribution in [0.25, 0.3) is 0 Å². The normalized spacial score (nSPS) is 12.1. The zero-order valence-corrected chi connectivity index (χ0v) is 12.6. The lowest BCUT2D eigenvalue weighted by Crippen LogP contribution is -2.34. The summed E-state index contributed by atoms with van der Waals surface area (Å²) in [7, 11) is 1.64. The van der Waals surface area contributed by atoms with E-state index in [4.69, 9.17) is 9.47 Å². The number of aliphatic hydroxyl groups excluding tert-OH is 1. The van der Waals surface area contributed by atoms with Gasteiger partial charge in [0.1, 0.15) is 5.75 Å². The fourth-order valence-corrected chi connectivity index (χ4v) is 1.47. The lowest BCUT2D eigenvalue weighted by atomic mass is 10.2. The van der Waals surface area contributed by atoms with Gasteiger partial charge in [0.05, 0.1) is 26.4 Å². The molecule has 0 fully saturated rings. The van der Waals surface area contributed by atoms with Crippen molar-refractivity contribution in [1.82, 2.24) is 5.32 Å². The molecule has 0 aliphatic rings. The number of hydrogen-bond acceptors (Lipinski definition) is 4. The highest BCUT2D eigenvalue weighted by molar-refractivity contribution is 5.85. The molecule has 0 bridgehead atoms. The molecule has 0 radical (unpaired) electrons. The molecule has 0 saturated heterocycles. The van der Waals surface area contributed by atoms with Gasteiger partial charge in [-0.3, -0.25) is 0 Å². The highest BCUT2D eigenvalue weighted by Crippen LogP contribution is 2.11. The van der Waals surface area contributed by atoms with Crippen molar-refractivity contribution in [2.45, 2.75) is 32.6 Å². The summed E-state index contributed by atoms with van der Waals surface area (Å²) in [6.45, 7) is 5.49. The molecule has 0 aliphatic heterocycles. The summed E-state index contributed by atoms with van der Waals surface area (Å²) in [5, 5.41) is 12.8. The van der Waals surface area contributed by atoms with Crippen molar-refractivity contribution in [3.63, 3.8) is 0 Å². The third-order valence-electron chi connectivity index (χ3n) is 2.50. The fourth-order valence-electron chi connectivity index (χ4n) is 1.47. The molecule has 0 amide bonds. The van der Waals surface area contributed by atoms with Crippen molar-refractivity contribution in [3.05, 3.63) is 29.8 Å². The van der Waals surface area contributed by atoms with E-state index in [1.165, 1.54) is 0 Å². The van der Waals surface area contributed by atoms with E-state index in [2.05, 4.69) is 5.32 Å². The average molecular weight is 290 g/mol. The van der Waals surface area contributed by atoms with Crippen LogP contribution in [0, 0.1) is 0 Å². The Morgan fingerprint density at radius 1 is 1.21 bits per heavy atom. The van der Waals surface area contributed by atoms with Crippen LogP contribution in [0.2, 0.25) is 0 Å². The average Bonchev–Trinajstić information content (AvgIpc) is 2.37. The maximum absolute atomic E-state index is 9.65. The van der Waals surface area contributed by atoms with Crippen molar-refractivity contribution >= 4 is 12.4 Å². The standard InChI is InChI=1S/C14H23NO3.ClH/c1-11(2)15-8-13(16)10-18-9-12-4-6-14(17-3)7-5-12;/h4-7,11,13,15-16H,8-10H2,1-3H3;1H. The molecule has 110 valence electrons. The topological polar surface area (TPSA) is 50.7 Å². The van der Waals surface area contributed by atoms with Gasteiger partial charge in [-0.15, -0.1) is 12.4 Å². The van der Waals surface area contributed by atoms with E-state index in [0.29, 0.717) is 25.8 Å². The summed E-state index contributed by atoms with van der Waals surface area (Å²) in [5.41, 5.74) is 1.07. The molecule has 0 aliphatic carbocycles. The monoisotopic (exact) mass is 289 g/mol.